The van der Waals surface area contributed by atoms with Crippen LogP contribution in [0.5, 0.6) is 0 Å². The van der Waals surface area contributed by atoms with Crippen molar-refractivity contribution in [3.63, 3.8) is 0 Å². The maximum Gasteiger partial charge on any atom is 0.433 e. The van der Waals surface area contributed by atoms with Gasteiger partial charge in [-0.2, -0.15) is 13.2 Å². The third-order valence-corrected chi connectivity index (χ3v) is 6.55. The molecule has 0 spiro atoms. The van der Waals surface area contributed by atoms with Gasteiger partial charge in [0.05, 0.1) is 30.5 Å². The number of ether oxygens (including phenoxy) is 1. The van der Waals surface area contributed by atoms with Crippen LogP contribution in [-0.4, -0.2) is 45.5 Å². The molecule has 2 atom stereocenters. The average molecular weight is 479 g/mol. The van der Waals surface area contributed by atoms with E-state index in [1.165, 1.54) is 6.07 Å². The minimum Gasteiger partial charge on any atom is -0.373 e. The standard InChI is InChI=1S/C24H29F3N4O3/c1-3-5-18(16-7-8-21(28-13-16)24(25,26)27)29-22(32)17-12-19(31-10-11-34-14-20(17)31)23(33)30-9-4-6-15(30)2/h7-8,12-13,15,18H,3-6,9-11,14H2,1-2H3,(H,29,32). The first-order chi connectivity index (χ1) is 16.2. The Kier molecular flexibility index (Phi) is 6.97. The topological polar surface area (TPSA) is 76.5 Å². The molecule has 1 saturated heterocycles. The number of fused-ring (bicyclic) bond motifs is 1. The van der Waals surface area contributed by atoms with Gasteiger partial charge in [-0.3, -0.25) is 14.6 Å². The molecule has 2 aromatic heterocycles. The Hall–Kier alpha value is -2.88. The summed E-state index contributed by atoms with van der Waals surface area (Å²) in [5.74, 6) is -0.481. The Morgan fingerprint density at radius 2 is 2.09 bits per heavy atom. The average Bonchev–Trinajstić information content (AvgIpc) is 3.42. The molecule has 1 N–H and O–H groups in total. The zero-order valence-corrected chi connectivity index (χ0v) is 19.3. The first-order valence-electron chi connectivity index (χ1n) is 11.7. The molecule has 184 valence electrons. The van der Waals surface area contributed by atoms with Gasteiger partial charge in [-0.25, -0.2) is 0 Å². The minimum absolute atomic E-state index is 0.0933. The summed E-state index contributed by atoms with van der Waals surface area (Å²) in [5, 5.41) is 2.94. The quantitative estimate of drug-likeness (QED) is 0.671. The molecule has 0 radical (unpaired) electrons. The van der Waals surface area contributed by atoms with Gasteiger partial charge in [-0.15, -0.1) is 0 Å². The number of rotatable bonds is 6. The zero-order valence-electron chi connectivity index (χ0n) is 19.3. The molecular formula is C24H29F3N4O3. The largest absolute Gasteiger partial charge is 0.433 e. The van der Waals surface area contributed by atoms with E-state index in [0.29, 0.717) is 55.1 Å². The lowest BCUT2D eigenvalue weighted by Gasteiger charge is -2.24. The molecule has 7 nitrogen and oxygen atoms in total. The van der Waals surface area contributed by atoms with Crippen molar-refractivity contribution in [2.24, 2.45) is 0 Å². The Balaban J connectivity index is 1.60. The lowest BCUT2D eigenvalue weighted by molar-refractivity contribution is -0.141. The highest BCUT2D eigenvalue weighted by molar-refractivity contribution is 6.01. The fraction of sp³-hybridized carbons (Fsp3) is 0.542. The third kappa shape index (κ3) is 4.82. The van der Waals surface area contributed by atoms with Crippen LogP contribution in [0.4, 0.5) is 13.2 Å². The summed E-state index contributed by atoms with van der Waals surface area (Å²) in [6, 6.07) is 3.53. The Morgan fingerprint density at radius 3 is 2.71 bits per heavy atom. The molecule has 4 heterocycles. The number of alkyl halides is 3. The van der Waals surface area contributed by atoms with Crippen molar-refractivity contribution in [3.8, 4) is 0 Å². The minimum atomic E-state index is -4.52. The van der Waals surface area contributed by atoms with E-state index in [-0.39, 0.29) is 24.5 Å². The van der Waals surface area contributed by atoms with E-state index in [2.05, 4.69) is 10.3 Å². The summed E-state index contributed by atoms with van der Waals surface area (Å²) in [7, 11) is 0. The van der Waals surface area contributed by atoms with Crippen molar-refractivity contribution in [1.82, 2.24) is 19.8 Å². The molecule has 0 saturated carbocycles. The van der Waals surface area contributed by atoms with Gasteiger partial charge < -0.3 is 19.5 Å². The second-order valence-corrected chi connectivity index (χ2v) is 8.87. The summed E-state index contributed by atoms with van der Waals surface area (Å²) in [6.45, 7) is 5.79. The summed E-state index contributed by atoms with van der Waals surface area (Å²) in [4.78, 5) is 31.9. The lowest BCUT2D eigenvalue weighted by Crippen LogP contribution is -2.35. The van der Waals surface area contributed by atoms with Crippen LogP contribution in [0, 0.1) is 0 Å². The molecule has 4 rings (SSSR count). The first-order valence-corrected chi connectivity index (χ1v) is 11.7. The summed E-state index contributed by atoms with van der Waals surface area (Å²) >= 11 is 0. The smallest absolute Gasteiger partial charge is 0.373 e. The number of hydrogen-bond acceptors (Lipinski definition) is 4. The van der Waals surface area contributed by atoms with Crippen molar-refractivity contribution >= 4 is 11.8 Å². The number of carbonyl (C=O) groups is 2. The molecule has 34 heavy (non-hydrogen) atoms. The molecule has 2 aliphatic rings. The van der Waals surface area contributed by atoms with Gasteiger partial charge in [0.25, 0.3) is 11.8 Å². The molecule has 2 aliphatic heterocycles. The van der Waals surface area contributed by atoms with Crippen LogP contribution in [0.2, 0.25) is 0 Å². The monoisotopic (exact) mass is 478 g/mol. The van der Waals surface area contributed by atoms with Gasteiger partial charge in [0.2, 0.25) is 0 Å². The van der Waals surface area contributed by atoms with Gasteiger partial charge in [0.1, 0.15) is 11.4 Å². The number of pyridine rings is 1. The summed E-state index contributed by atoms with van der Waals surface area (Å²) in [6.07, 6.45) is -0.219. The van der Waals surface area contributed by atoms with E-state index in [4.69, 9.17) is 4.74 Å². The molecule has 2 amide bonds. The number of amides is 2. The molecule has 1 fully saturated rings. The Labute approximate surface area is 196 Å². The van der Waals surface area contributed by atoms with Crippen LogP contribution < -0.4 is 5.32 Å². The highest BCUT2D eigenvalue weighted by atomic mass is 19.4. The predicted octanol–water partition coefficient (Wildman–Crippen LogP) is 4.33. The highest BCUT2D eigenvalue weighted by Gasteiger charge is 2.34. The maximum absolute atomic E-state index is 13.3. The Bertz CT molecular complexity index is 1050. The van der Waals surface area contributed by atoms with Crippen LogP contribution in [0.25, 0.3) is 0 Å². The zero-order chi connectivity index (χ0) is 24.5. The van der Waals surface area contributed by atoms with Crippen molar-refractivity contribution in [2.45, 2.75) is 70.9 Å². The molecule has 10 heteroatoms. The van der Waals surface area contributed by atoms with E-state index in [1.54, 1.807) is 6.07 Å². The highest BCUT2D eigenvalue weighted by Crippen LogP contribution is 2.30. The molecule has 2 unspecified atom stereocenters. The number of carbonyl (C=O) groups excluding carboxylic acids is 2. The lowest BCUT2D eigenvalue weighted by atomic mass is 10.0. The summed E-state index contributed by atoms with van der Waals surface area (Å²) in [5.41, 5.74) is 0.988. The van der Waals surface area contributed by atoms with Crippen LogP contribution in [0.15, 0.2) is 24.4 Å². The first kappa shape index (κ1) is 24.3. The number of likely N-dealkylation sites (tertiary alicyclic amines) is 1. The molecule has 2 aromatic rings. The van der Waals surface area contributed by atoms with Gasteiger partial charge >= 0.3 is 6.18 Å². The van der Waals surface area contributed by atoms with Gasteiger partial charge in [0.15, 0.2) is 0 Å². The van der Waals surface area contributed by atoms with E-state index < -0.39 is 17.9 Å². The Morgan fingerprint density at radius 1 is 1.29 bits per heavy atom. The van der Waals surface area contributed by atoms with Crippen LogP contribution in [0.1, 0.15) is 83.4 Å². The fourth-order valence-electron chi connectivity index (χ4n) is 4.71. The van der Waals surface area contributed by atoms with Gasteiger partial charge in [-0.05, 0) is 43.9 Å². The van der Waals surface area contributed by atoms with Crippen LogP contribution in [-0.2, 0) is 24.1 Å². The van der Waals surface area contributed by atoms with E-state index in [0.717, 1.165) is 25.1 Å². The number of nitrogens with zero attached hydrogens (tertiary/aromatic N) is 3. The van der Waals surface area contributed by atoms with E-state index >= 15 is 0 Å². The number of halogens is 3. The van der Waals surface area contributed by atoms with Crippen LogP contribution >= 0.6 is 0 Å². The molecular weight excluding hydrogens is 449 g/mol. The van der Waals surface area contributed by atoms with E-state index in [9.17, 15) is 22.8 Å². The van der Waals surface area contributed by atoms with Gasteiger partial charge in [0, 0.05) is 25.3 Å². The van der Waals surface area contributed by atoms with Crippen LogP contribution in [0.3, 0.4) is 0 Å². The second-order valence-electron chi connectivity index (χ2n) is 8.87. The van der Waals surface area contributed by atoms with Crippen molar-refractivity contribution in [1.29, 1.82) is 0 Å². The normalized spacial score (nSPS) is 19.1. The number of hydrogen-bond donors (Lipinski definition) is 1. The number of aromatic nitrogens is 2. The molecule has 0 bridgehead atoms. The molecule has 0 aromatic carbocycles. The van der Waals surface area contributed by atoms with Crippen molar-refractivity contribution in [3.05, 3.63) is 52.6 Å². The van der Waals surface area contributed by atoms with E-state index in [1.807, 2.05) is 23.3 Å². The SMILES string of the molecule is CCCC(NC(=O)c1cc(C(=O)N2CCCC2C)n2c1COCC2)c1ccc(C(F)(F)F)nc1. The maximum atomic E-state index is 13.3. The second kappa shape index (κ2) is 9.77. The molecule has 0 aliphatic carbocycles. The summed E-state index contributed by atoms with van der Waals surface area (Å²) < 4.78 is 46.1. The van der Waals surface area contributed by atoms with Gasteiger partial charge in [-0.1, -0.05) is 19.4 Å². The predicted molar refractivity (Wildman–Crippen MR) is 118 cm³/mol. The third-order valence-electron chi connectivity index (χ3n) is 6.55. The fourth-order valence-corrected chi connectivity index (χ4v) is 4.71. The number of nitrogens with one attached hydrogen (secondary N) is 1. The van der Waals surface area contributed by atoms with Crippen molar-refractivity contribution in [2.75, 3.05) is 13.2 Å². The van der Waals surface area contributed by atoms with Crippen molar-refractivity contribution < 1.29 is 27.5 Å².